The number of carbonyl (C=O) groups is 1. The van der Waals surface area contributed by atoms with Gasteiger partial charge in [0.05, 0.1) is 7.11 Å². The van der Waals surface area contributed by atoms with Gasteiger partial charge >= 0.3 is 6.09 Å². The highest BCUT2D eigenvalue weighted by Gasteiger charge is 2.54. The van der Waals surface area contributed by atoms with Gasteiger partial charge in [-0.25, -0.2) is 4.79 Å². The van der Waals surface area contributed by atoms with Crippen molar-refractivity contribution in [3.63, 3.8) is 0 Å². The van der Waals surface area contributed by atoms with Crippen molar-refractivity contribution in [2.75, 3.05) is 33.8 Å². The van der Waals surface area contributed by atoms with E-state index in [-0.39, 0.29) is 6.09 Å². The Labute approximate surface area is 157 Å². The third-order valence-electron chi connectivity index (χ3n) is 5.33. The topological polar surface area (TPSA) is 42.0 Å². The number of nitrogens with zero attached hydrogens (tertiary/aromatic N) is 2. The molecule has 0 aromatic heterocycles. The lowest BCUT2D eigenvalue weighted by molar-refractivity contribution is -0.0995. The normalized spacial score (nSPS) is 19.2. The van der Waals surface area contributed by atoms with Crippen LogP contribution in [0.3, 0.4) is 0 Å². The van der Waals surface area contributed by atoms with Crippen molar-refractivity contribution in [3.8, 4) is 5.75 Å². The lowest BCUT2D eigenvalue weighted by Crippen LogP contribution is -2.65. The Morgan fingerprint density at radius 2 is 1.85 bits per heavy atom. The largest absolute Gasteiger partial charge is 0.497 e. The third-order valence-corrected chi connectivity index (χ3v) is 5.33. The van der Waals surface area contributed by atoms with Crippen LogP contribution in [0.2, 0.25) is 0 Å². The van der Waals surface area contributed by atoms with Crippen LogP contribution in [0.4, 0.5) is 4.79 Å². The number of hydrogen-bond acceptors (Lipinski definition) is 4. The zero-order chi connectivity index (χ0) is 18.9. The number of rotatable bonds is 5. The maximum Gasteiger partial charge on any atom is 0.410 e. The van der Waals surface area contributed by atoms with E-state index in [9.17, 15) is 4.79 Å². The zero-order valence-electron chi connectivity index (χ0n) is 16.7. The Hall–Kier alpha value is -1.75. The average Bonchev–Trinajstić information content (AvgIpc) is 2.47. The van der Waals surface area contributed by atoms with Gasteiger partial charge in [0.15, 0.2) is 0 Å². The minimum absolute atomic E-state index is 0.164. The molecule has 1 heterocycles. The Balaban J connectivity index is 1.37. The molecule has 2 aliphatic rings. The Morgan fingerprint density at radius 1 is 1.23 bits per heavy atom. The van der Waals surface area contributed by atoms with Crippen molar-refractivity contribution in [2.24, 2.45) is 11.3 Å². The van der Waals surface area contributed by atoms with Crippen molar-refractivity contribution in [1.29, 1.82) is 0 Å². The van der Waals surface area contributed by atoms with Crippen LogP contribution in [0, 0.1) is 11.3 Å². The number of amides is 1. The van der Waals surface area contributed by atoms with Gasteiger partial charge in [0.25, 0.3) is 0 Å². The Kier molecular flexibility index (Phi) is 5.20. The molecule has 3 rings (SSSR count). The van der Waals surface area contributed by atoms with Gasteiger partial charge in [-0.05, 0) is 64.3 Å². The van der Waals surface area contributed by atoms with Crippen LogP contribution in [-0.2, 0) is 11.3 Å². The molecule has 2 fully saturated rings. The Morgan fingerprint density at radius 3 is 2.38 bits per heavy atom. The number of methoxy groups -OCH3 is 1. The molecular formula is C21H32N2O3. The summed E-state index contributed by atoms with van der Waals surface area (Å²) >= 11 is 0. The number of hydrogen-bond donors (Lipinski definition) is 0. The van der Waals surface area contributed by atoms with E-state index in [1.807, 2.05) is 37.8 Å². The highest BCUT2D eigenvalue weighted by atomic mass is 16.6. The summed E-state index contributed by atoms with van der Waals surface area (Å²) in [6, 6.07) is 8.28. The van der Waals surface area contributed by atoms with Crippen LogP contribution in [-0.4, -0.2) is 55.3 Å². The van der Waals surface area contributed by atoms with Crippen molar-refractivity contribution < 1.29 is 14.3 Å². The van der Waals surface area contributed by atoms with Crippen LogP contribution >= 0.6 is 0 Å². The summed E-state index contributed by atoms with van der Waals surface area (Å²) in [5, 5.41) is 0. The minimum atomic E-state index is -0.411. The summed E-state index contributed by atoms with van der Waals surface area (Å²) in [5.41, 5.74) is 1.26. The van der Waals surface area contributed by atoms with Crippen LogP contribution < -0.4 is 4.74 Å². The van der Waals surface area contributed by atoms with Gasteiger partial charge in [0.1, 0.15) is 11.4 Å². The highest BCUT2D eigenvalue weighted by Crippen LogP contribution is 2.52. The average molecular weight is 360 g/mol. The van der Waals surface area contributed by atoms with Crippen molar-refractivity contribution in [3.05, 3.63) is 29.8 Å². The summed E-state index contributed by atoms with van der Waals surface area (Å²) in [5.74, 6) is 1.64. The monoisotopic (exact) mass is 360 g/mol. The molecule has 1 aliphatic carbocycles. The number of likely N-dealkylation sites (tertiary alicyclic amines) is 1. The number of ether oxygens (including phenoxy) is 2. The first-order chi connectivity index (χ1) is 12.2. The minimum Gasteiger partial charge on any atom is -0.497 e. The molecule has 1 saturated heterocycles. The molecule has 1 aromatic carbocycles. The fraction of sp³-hybridized carbons (Fsp3) is 0.667. The molecule has 0 N–H and O–H groups in total. The van der Waals surface area contributed by atoms with E-state index in [0.717, 1.165) is 37.8 Å². The van der Waals surface area contributed by atoms with E-state index in [0.29, 0.717) is 5.41 Å². The van der Waals surface area contributed by atoms with E-state index in [1.54, 1.807) is 7.11 Å². The highest BCUT2D eigenvalue weighted by molar-refractivity contribution is 5.69. The summed E-state index contributed by atoms with van der Waals surface area (Å²) in [6.45, 7) is 9.54. The fourth-order valence-electron chi connectivity index (χ4n) is 4.32. The molecule has 0 radical (unpaired) electrons. The fourth-order valence-corrected chi connectivity index (χ4v) is 4.32. The third kappa shape index (κ3) is 4.50. The van der Waals surface area contributed by atoms with Gasteiger partial charge in [-0.3, -0.25) is 0 Å². The van der Waals surface area contributed by atoms with Crippen LogP contribution in [0.1, 0.15) is 39.2 Å². The van der Waals surface area contributed by atoms with Crippen molar-refractivity contribution in [2.45, 2.75) is 45.8 Å². The maximum absolute atomic E-state index is 12.1. The SMILES string of the molecule is COc1ccc(CN(C)CC2CC3(C2)CN(C(=O)OC(C)(C)C)C3)cc1. The van der Waals surface area contributed by atoms with Crippen LogP contribution in [0.5, 0.6) is 5.75 Å². The molecule has 1 aromatic rings. The standard InChI is InChI=1S/C21H32N2O3/c1-20(2,3)26-19(24)23-14-21(15-23)10-17(11-21)13-22(4)12-16-6-8-18(25-5)9-7-16/h6-9,17H,10-15H2,1-5H3. The van der Waals surface area contributed by atoms with Crippen molar-refractivity contribution >= 4 is 6.09 Å². The van der Waals surface area contributed by atoms with E-state index in [1.165, 1.54) is 18.4 Å². The second-order valence-corrected chi connectivity index (χ2v) is 9.16. The van der Waals surface area contributed by atoms with Gasteiger partial charge in [0.2, 0.25) is 0 Å². The van der Waals surface area contributed by atoms with E-state index in [2.05, 4.69) is 24.1 Å². The molecule has 0 atom stereocenters. The quantitative estimate of drug-likeness (QED) is 0.801. The van der Waals surface area contributed by atoms with Crippen molar-refractivity contribution in [1.82, 2.24) is 9.80 Å². The maximum atomic E-state index is 12.1. The molecule has 5 heteroatoms. The second-order valence-electron chi connectivity index (χ2n) is 9.16. The molecule has 1 aliphatic heterocycles. The summed E-state index contributed by atoms with van der Waals surface area (Å²) in [4.78, 5) is 16.3. The molecule has 0 bridgehead atoms. The first-order valence-electron chi connectivity index (χ1n) is 9.47. The summed E-state index contributed by atoms with van der Waals surface area (Å²) in [6.07, 6.45) is 2.28. The lowest BCUT2D eigenvalue weighted by Gasteiger charge is -2.59. The van der Waals surface area contributed by atoms with Crippen LogP contribution in [0.25, 0.3) is 0 Å². The molecule has 26 heavy (non-hydrogen) atoms. The molecule has 1 saturated carbocycles. The molecule has 5 nitrogen and oxygen atoms in total. The summed E-state index contributed by atoms with van der Waals surface area (Å²) in [7, 11) is 3.88. The van der Waals surface area contributed by atoms with Gasteiger partial charge < -0.3 is 19.3 Å². The molecule has 144 valence electrons. The lowest BCUT2D eigenvalue weighted by atomic mass is 9.57. The van der Waals surface area contributed by atoms with E-state index < -0.39 is 5.60 Å². The first kappa shape index (κ1) is 19.0. The predicted molar refractivity (Wildman–Crippen MR) is 102 cm³/mol. The Bertz CT molecular complexity index is 622. The van der Waals surface area contributed by atoms with Crippen LogP contribution in [0.15, 0.2) is 24.3 Å². The second kappa shape index (κ2) is 7.10. The first-order valence-corrected chi connectivity index (χ1v) is 9.47. The molecule has 1 amide bonds. The van der Waals surface area contributed by atoms with Gasteiger partial charge in [0, 0.05) is 31.6 Å². The number of carbonyl (C=O) groups excluding carboxylic acids is 1. The van der Waals surface area contributed by atoms with Gasteiger partial charge in [-0.2, -0.15) is 0 Å². The van der Waals surface area contributed by atoms with Gasteiger partial charge in [-0.1, -0.05) is 12.1 Å². The zero-order valence-corrected chi connectivity index (χ0v) is 16.7. The number of benzene rings is 1. The summed E-state index contributed by atoms with van der Waals surface area (Å²) < 4.78 is 10.7. The molecule has 0 unspecified atom stereocenters. The molecule has 1 spiro atoms. The van der Waals surface area contributed by atoms with E-state index in [4.69, 9.17) is 9.47 Å². The predicted octanol–water partition coefficient (Wildman–Crippen LogP) is 3.77. The molecular weight excluding hydrogens is 328 g/mol. The smallest absolute Gasteiger partial charge is 0.410 e. The van der Waals surface area contributed by atoms with Gasteiger partial charge in [-0.15, -0.1) is 0 Å². The van der Waals surface area contributed by atoms with E-state index >= 15 is 0 Å².